The van der Waals surface area contributed by atoms with Crippen LogP contribution in [0.3, 0.4) is 0 Å². The fourth-order valence-electron chi connectivity index (χ4n) is 2.44. The summed E-state index contributed by atoms with van der Waals surface area (Å²) in [7, 11) is 0. The first-order valence-electron chi connectivity index (χ1n) is 7.62. The Labute approximate surface area is 126 Å². The number of ketones is 1. The fourth-order valence-corrected chi connectivity index (χ4v) is 2.44. The number of carbonyl (C=O) groups is 2. The van der Waals surface area contributed by atoms with Gasteiger partial charge in [0.25, 0.3) is 0 Å². The van der Waals surface area contributed by atoms with E-state index < -0.39 is 6.09 Å². The van der Waals surface area contributed by atoms with E-state index in [-0.39, 0.29) is 6.61 Å². The van der Waals surface area contributed by atoms with E-state index in [4.69, 9.17) is 5.73 Å². The Hall–Kier alpha value is -1.84. The lowest BCUT2D eigenvalue weighted by Gasteiger charge is -2.19. The molecule has 1 aliphatic carbocycles. The summed E-state index contributed by atoms with van der Waals surface area (Å²) in [4.78, 5) is 21.4. The molecule has 1 aliphatic rings. The first-order valence-corrected chi connectivity index (χ1v) is 7.62. The Bertz CT molecular complexity index is 429. The van der Waals surface area contributed by atoms with Crippen LogP contribution in [0.1, 0.15) is 51.0 Å². The Morgan fingerprint density at radius 3 is 2.57 bits per heavy atom. The van der Waals surface area contributed by atoms with Crippen LogP contribution in [-0.2, 0) is 16.1 Å². The normalized spacial score (nSPS) is 17.6. The summed E-state index contributed by atoms with van der Waals surface area (Å²) in [5, 5.41) is 0. The zero-order valence-electron chi connectivity index (χ0n) is 12.7. The van der Waals surface area contributed by atoms with E-state index in [1.807, 2.05) is 30.3 Å². The lowest BCUT2D eigenvalue weighted by molar-refractivity contribution is -0.124. The molecule has 1 amide bonds. The van der Waals surface area contributed by atoms with Gasteiger partial charge >= 0.3 is 6.09 Å². The van der Waals surface area contributed by atoms with Crippen LogP contribution < -0.4 is 5.73 Å². The summed E-state index contributed by atoms with van der Waals surface area (Å²) < 4.78 is 4.57. The number of hydrogen-bond acceptors (Lipinski definition) is 3. The van der Waals surface area contributed by atoms with Gasteiger partial charge in [-0.2, -0.15) is 0 Å². The molecule has 0 unspecified atom stereocenters. The second-order valence-electron chi connectivity index (χ2n) is 5.29. The van der Waals surface area contributed by atoms with Crippen molar-refractivity contribution >= 4 is 11.9 Å². The van der Waals surface area contributed by atoms with Gasteiger partial charge in [0.05, 0.1) is 0 Å². The highest BCUT2D eigenvalue weighted by Crippen LogP contribution is 2.23. The smallest absolute Gasteiger partial charge is 0.404 e. The van der Waals surface area contributed by atoms with Crippen LogP contribution in [-0.4, -0.2) is 11.9 Å². The van der Waals surface area contributed by atoms with Crippen molar-refractivity contribution < 1.29 is 14.3 Å². The molecule has 2 rings (SSSR count). The van der Waals surface area contributed by atoms with Gasteiger partial charge in [-0.1, -0.05) is 50.1 Å². The van der Waals surface area contributed by atoms with E-state index in [1.165, 1.54) is 6.42 Å². The number of benzene rings is 1. The largest absolute Gasteiger partial charge is 0.445 e. The minimum atomic E-state index is -0.742. The van der Waals surface area contributed by atoms with E-state index in [1.54, 1.807) is 0 Å². The van der Waals surface area contributed by atoms with Crippen LogP contribution >= 0.6 is 0 Å². The summed E-state index contributed by atoms with van der Waals surface area (Å²) in [5.74, 6) is 0.951. The van der Waals surface area contributed by atoms with E-state index in [0.717, 1.165) is 37.7 Å². The molecule has 1 fully saturated rings. The molecule has 0 aliphatic heterocycles. The van der Waals surface area contributed by atoms with Crippen molar-refractivity contribution in [3.8, 4) is 0 Å². The molecule has 0 heterocycles. The molecule has 1 aromatic carbocycles. The molecule has 0 bridgehead atoms. The molecule has 1 aromatic rings. The lowest BCUT2D eigenvalue weighted by Crippen LogP contribution is -2.18. The standard InChI is InChI=1S/C9H16O.C8H9NO2/c1-2-5-8-6-3-4-7-9(8)10;9-8(10)11-6-7-4-2-1-3-5-7/h8H,2-7H2,1H3;1-5H,6H2,(H2,9,10)/t8-;/m1./s1. The van der Waals surface area contributed by atoms with Gasteiger partial charge in [-0.15, -0.1) is 0 Å². The Balaban J connectivity index is 0.000000211. The summed E-state index contributed by atoms with van der Waals surface area (Å²) in [6, 6.07) is 9.37. The first kappa shape index (κ1) is 17.2. The topological polar surface area (TPSA) is 69.4 Å². The molecule has 0 aromatic heterocycles. The third kappa shape index (κ3) is 7.49. The van der Waals surface area contributed by atoms with Gasteiger partial charge in [0.2, 0.25) is 0 Å². The Morgan fingerprint density at radius 2 is 2.00 bits per heavy atom. The third-order valence-electron chi connectivity index (χ3n) is 3.54. The molecule has 0 spiro atoms. The minimum Gasteiger partial charge on any atom is -0.445 e. The average Bonchev–Trinajstić information content (AvgIpc) is 2.49. The molecular weight excluding hydrogens is 266 g/mol. The van der Waals surface area contributed by atoms with Crippen molar-refractivity contribution in [2.75, 3.05) is 0 Å². The highest BCUT2D eigenvalue weighted by Gasteiger charge is 2.20. The zero-order valence-corrected chi connectivity index (χ0v) is 12.7. The van der Waals surface area contributed by atoms with Gasteiger partial charge in [0.1, 0.15) is 12.4 Å². The second-order valence-corrected chi connectivity index (χ2v) is 5.29. The molecule has 0 saturated heterocycles. The maximum atomic E-state index is 11.2. The van der Waals surface area contributed by atoms with E-state index >= 15 is 0 Å². The molecule has 1 saturated carbocycles. The van der Waals surface area contributed by atoms with E-state index in [2.05, 4.69) is 11.7 Å². The SMILES string of the molecule is CCC[C@@H]1CCCCC1=O.NC(=O)OCc1ccccc1. The molecule has 21 heavy (non-hydrogen) atoms. The van der Waals surface area contributed by atoms with E-state index in [0.29, 0.717) is 11.7 Å². The van der Waals surface area contributed by atoms with Gasteiger partial charge in [-0.3, -0.25) is 4.79 Å². The number of rotatable bonds is 4. The van der Waals surface area contributed by atoms with Crippen LogP contribution in [0.2, 0.25) is 0 Å². The zero-order chi connectivity index (χ0) is 15.5. The van der Waals surface area contributed by atoms with Crippen LogP contribution in [0.5, 0.6) is 0 Å². The lowest BCUT2D eigenvalue weighted by atomic mass is 9.85. The number of carbonyl (C=O) groups excluding carboxylic acids is 2. The van der Waals surface area contributed by atoms with Crippen molar-refractivity contribution in [2.45, 2.75) is 52.1 Å². The van der Waals surface area contributed by atoms with Gasteiger partial charge in [0, 0.05) is 12.3 Å². The van der Waals surface area contributed by atoms with Crippen molar-refractivity contribution in [3.05, 3.63) is 35.9 Å². The van der Waals surface area contributed by atoms with E-state index in [9.17, 15) is 9.59 Å². The first-order chi connectivity index (χ1) is 10.1. The van der Waals surface area contributed by atoms with Crippen molar-refractivity contribution in [2.24, 2.45) is 11.7 Å². The molecule has 116 valence electrons. The third-order valence-corrected chi connectivity index (χ3v) is 3.54. The monoisotopic (exact) mass is 291 g/mol. The Kier molecular flexibility index (Phi) is 8.17. The molecule has 4 nitrogen and oxygen atoms in total. The maximum Gasteiger partial charge on any atom is 0.404 e. The Morgan fingerprint density at radius 1 is 1.29 bits per heavy atom. The predicted molar refractivity (Wildman–Crippen MR) is 82.7 cm³/mol. The van der Waals surface area contributed by atoms with Gasteiger partial charge in [0.15, 0.2) is 0 Å². The van der Waals surface area contributed by atoms with Crippen molar-refractivity contribution in [3.63, 3.8) is 0 Å². The van der Waals surface area contributed by atoms with Crippen molar-refractivity contribution in [1.82, 2.24) is 0 Å². The number of hydrogen-bond donors (Lipinski definition) is 1. The number of ether oxygens (including phenoxy) is 1. The number of amides is 1. The highest BCUT2D eigenvalue weighted by molar-refractivity contribution is 5.81. The average molecular weight is 291 g/mol. The quantitative estimate of drug-likeness (QED) is 0.916. The van der Waals surface area contributed by atoms with Crippen LogP contribution in [0.15, 0.2) is 30.3 Å². The molecule has 2 N–H and O–H groups in total. The number of Topliss-reactive ketones (excluding diaryl/α,β-unsaturated/α-hetero) is 1. The van der Waals surface area contributed by atoms with Crippen molar-refractivity contribution in [1.29, 1.82) is 0 Å². The summed E-state index contributed by atoms with van der Waals surface area (Å²) in [6.07, 6.45) is 5.97. The summed E-state index contributed by atoms with van der Waals surface area (Å²) in [5.41, 5.74) is 5.72. The summed E-state index contributed by atoms with van der Waals surface area (Å²) >= 11 is 0. The molecular formula is C17H25NO3. The molecule has 4 heteroatoms. The van der Waals surface area contributed by atoms with Crippen LogP contribution in [0, 0.1) is 5.92 Å². The molecule has 1 atom stereocenters. The fraction of sp³-hybridized carbons (Fsp3) is 0.529. The minimum absolute atomic E-state index is 0.246. The number of primary amides is 1. The number of nitrogens with two attached hydrogens (primary N) is 1. The second kappa shape index (κ2) is 9.97. The predicted octanol–water partition coefficient (Wildman–Crippen LogP) is 3.83. The van der Waals surface area contributed by atoms with Gasteiger partial charge in [-0.05, 0) is 24.8 Å². The summed E-state index contributed by atoms with van der Waals surface area (Å²) in [6.45, 7) is 2.40. The van der Waals surface area contributed by atoms with Crippen LogP contribution in [0.25, 0.3) is 0 Å². The molecule has 0 radical (unpaired) electrons. The van der Waals surface area contributed by atoms with Crippen LogP contribution in [0.4, 0.5) is 4.79 Å². The van der Waals surface area contributed by atoms with Gasteiger partial charge in [-0.25, -0.2) is 4.79 Å². The maximum absolute atomic E-state index is 11.2. The van der Waals surface area contributed by atoms with Gasteiger partial charge < -0.3 is 10.5 Å². The highest BCUT2D eigenvalue weighted by atomic mass is 16.5.